The average Bonchev–Trinajstić information content (AvgIpc) is 3.29. The Morgan fingerprint density at radius 1 is 1.21 bits per heavy atom. The first-order valence-corrected chi connectivity index (χ1v) is 10.0. The lowest BCUT2D eigenvalue weighted by Gasteiger charge is -2.44. The predicted octanol–water partition coefficient (Wildman–Crippen LogP) is 2.90. The van der Waals surface area contributed by atoms with E-state index in [1.54, 1.807) is 12.1 Å². The monoisotopic (exact) mass is 378 g/mol. The molecule has 0 spiro atoms. The van der Waals surface area contributed by atoms with Crippen LogP contribution in [0.25, 0.3) is 0 Å². The minimum absolute atomic E-state index is 0.0306. The van der Waals surface area contributed by atoms with Crippen LogP contribution in [0.1, 0.15) is 49.3 Å². The summed E-state index contributed by atoms with van der Waals surface area (Å²) in [5.74, 6) is 1.72. The Hall–Kier alpha value is -2.95. The van der Waals surface area contributed by atoms with Crippen molar-refractivity contribution in [2.24, 2.45) is 0 Å². The van der Waals surface area contributed by atoms with Crippen LogP contribution in [0, 0.1) is 21.4 Å². The van der Waals surface area contributed by atoms with Gasteiger partial charge in [-0.1, -0.05) is 6.42 Å². The smallest absolute Gasteiger partial charge is 0.269 e. The second kappa shape index (κ2) is 6.30. The molecule has 0 aliphatic carbocycles. The quantitative estimate of drug-likeness (QED) is 0.588. The summed E-state index contributed by atoms with van der Waals surface area (Å²) in [6, 6.07) is 7.69. The van der Waals surface area contributed by atoms with Crippen molar-refractivity contribution in [1.29, 1.82) is 5.26 Å². The molecule has 5 rings (SSSR count). The number of hydrogen-bond acceptors (Lipinski definition) is 6. The zero-order valence-corrected chi connectivity index (χ0v) is 15.7. The molecule has 1 aromatic carbocycles. The fraction of sp³-hybridized carbons (Fsp3) is 0.550. The zero-order valence-electron chi connectivity index (χ0n) is 15.7. The van der Waals surface area contributed by atoms with E-state index in [2.05, 4.69) is 25.7 Å². The van der Waals surface area contributed by atoms with Crippen LogP contribution >= 0.6 is 0 Å². The van der Waals surface area contributed by atoms with Crippen LogP contribution in [-0.2, 0) is 24.8 Å². The molecule has 2 aromatic rings. The molecular formula is C20H22N6O2. The number of aromatic nitrogens is 3. The van der Waals surface area contributed by atoms with E-state index in [1.807, 2.05) is 6.07 Å². The molecule has 8 heteroatoms. The molecule has 0 N–H and O–H groups in total. The Labute approximate surface area is 162 Å². The molecule has 1 fully saturated rings. The molecule has 0 unspecified atom stereocenters. The van der Waals surface area contributed by atoms with Gasteiger partial charge in [0.1, 0.15) is 11.2 Å². The van der Waals surface area contributed by atoms with Crippen LogP contribution < -0.4 is 4.90 Å². The minimum Gasteiger partial charge on any atom is -0.366 e. The van der Waals surface area contributed by atoms with Gasteiger partial charge in [0.15, 0.2) is 5.82 Å². The van der Waals surface area contributed by atoms with Crippen LogP contribution in [0.15, 0.2) is 18.2 Å². The van der Waals surface area contributed by atoms with Crippen LogP contribution in [0.3, 0.4) is 0 Å². The van der Waals surface area contributed by atoms with Gasteiger partial charge < -0.3 is 9.47 Å². The van der Waals surface area contributed by atoms with Crippen LogP contribution in [0.2, 0.25) is 0 Å². The van der Waals surface area contributed by atoms with Gasteiger partial charge in [-0.25, -0.2) is 0 Å². The van der Waals surface area contributed by atoms with E-state index in [4.69, 9.17) is 0 Å². The largest absolute Gasteiger partial charge is 0.366 e. The Bertz CT molecular complexity index is 993. The number of nitro groups is 1. The van der Waals surface area contributed by atoms with Gasteiger partial charge in [0.25, 0.3) is 5.69 Å². The summed E-state index contributed by atoms with van der Waals surface area (Å²) < 4.78 is 2.16. The number of aryl methyl sites for hydroxylation is 1. The number of benzene rings is 1. The van der Waals surface area contributed by atoms with Gasteiger partial charge in [-0.3, -0.25) is 10.1 Å². The first-order valence-electron chi connectivity index (χ1n) is 10.0. The van der Waals surface area contributed by atoms with Crippen molar-refractivity contribution in [3.8, 4) is 6.07 Å². The molecular weight excluding hydrogens is 356 g/mol. The molecule has 4 heterocycles. The summed E-state index contributed by atoms with van der Waals surface area (Å²) in [5, 5.41) is 30.7. The van der Waals surface area contributed by atoms with Gasteiger partial charge >= 0.3 is 0 Å². The molecule has 0 radical (unpaired) electrons. The number of rotatable bonds is 2. The van der Waals surface area contributed by atoms with Crippen LogP contribution in [0.4, 0.5) is 11.4 Å². The molecule has 0 bridgehead atoms. The predicted molar refractivity (Wildman–Crippen MR) is 102 cm³/mol. The molecule has 8 nitrogen and oxygen atoms in total. The summed E-state index contributed by atoms with van der Waals surface area (Å²) in [5.41, 5.74) is 1.13. The molecule has 3 aliphatic rings. The number of anilines is 1. The van der Waals surface area contributed by atoms with E-state index in [9.17, 15) is 15.4 Å². The molecule has 0 amide bonds. The van der Waals surface area contributed by atoms with Gasteiger partial charge in [-0.15, -0.1) is 10.2 Å². The lowest BCUT2D eigenvalue weighted by atomic mass is 9.71. The van der Waals surface area contributed by atoms with Gasteiger partial charge in [-0.05, 0) is 37.3 Å². The average molecular weight is 378 g/mol. The van der Waals surface area contributed by atoms with Gasteiger partial charge in [0, 0.05) is 43.8 Å². The fourth-order valence-corrected chi connectivity index (χ4v) is 5.30. The maximum absolute atomic E-state index is 11.3. The standard InChI is InChI=1S/C20H22N6O2/c21-13-20(19-23-22-18-6-2-1-3-9-25(18)19)12-14-11-15(26(27)28)7-8-16(14)24-10-4-5-17(20)24/h7-8,11,17H,1-6,9-10,12H2/t17-,20+/m0/s1. The van der Waals surface area contributed by atoms with Crippen LogP contribution in [0.5, 0.6) is 0 Å². The Kier molecular flexibility index (Phi) is 3.86. The van der Waals surface area contributed by atoms with E-state index >= 15 is 0 Å². The minimum atomic E-state index is -0.825. The van der Waals surface area contributed by atoms with E-state index < -0.39 is 5.41 Å². The Balaban J connectivity index is 1.68. The molecule has 1 aromatic heterocycles. The van der Waals surface area contributed by atoms with Gasteiger partial charge in [0.05, 0.1) is 17.0 Å². The number of hydrogen-bond donors (Lipinski definition) is 0. The van der Waals surface area contributed by atoms with Crippen molar-refractivity contribution in [3.05, 3.63) is 45.5 Å². The molecule has 2 atom stereocenters. The highest BCUT2D eigenvalue weighted by Gasteiger charge is 2.53. The van der Waals surface area contributed by atoms with Crippen molar-refractivity contribution >= 4 is 11.4 Å². The highest BCUT2D eigenvalue weighted by atomic mass is 16.6. The normalized spacial score (nSPS) is 26.0. The van der Waals surface area contributed by atoms with Crippen molar-refractivity contribution in [2.75, 3.05) is 11.4 Å². The number of nitro benzene ring substituents is 1. The highest BCUT2D eigenvalue weighted by molar-refractivity contribution is 5.64. The van der Waals surface area contributed by atoms with Crippen molar-refractivity contribution < 1.29 is 4.92 Å². The number of fused-ring (bicyclic) bond motifs is 4. The number of nitrogens with zero attached hydrogens (tertiary/aromatic N) is 6. The van der Waals surface area contributed by atoms with Crippen molar-refractivity contribution in [3.63, 3.8) is 0 Å². The zero-order chi connectivity index (χ0) is 19.3. The molecule has 3 aliphatic heterocycles. The second-order valence-electron chi connectivity index (χ2n) is 8.08. The highest BCUT2D eigenvalue weighted by Crippen LogP contribution is 2.47. The van der Waals surface area contributed by atoms with Gasteiger partial charge in [0.2, 0.25) is 0 Å². The lowest BCUT2D eigenvalue weighted by molar-refractivity contribution is -0.384. The van der Waals surface area contributed by atoms with Crippen LogP contribution in [-0.4, -0.2) is 32.3 Å². The maximum atomic E-state index is 11.3. The fourth-order valence-electron chi connectivity index (χ4n) is 5.30. The molecule has 0 saturated carbocycles. The van der Waals surface area contributed by atoms with E-state index in [0.29, 0.717) is 6.42 Å². The molecule has 28 heavy (non-hydrogen) atoms. The summed E-state index contributed by atoms with van der Waals surface area (Å²) >= 11 is 0. The number of nitriles is 1. The van der Waals surface area contributed by atoms with Crippen molar-refractivity contribution in [2.45, 2.75) is 62.9 Å². The lowest BCUT2D eigenvalue weighted by Crippen LogP contribution is -2.53. The first kappa shape index (κ1) is 17.2. The molecule has 144 valence electrons. The number of non-ortho nitro benzene ring substituents is 1. The van der Waals surface area contributed by atoms with E-state index in [-0.39, 0.29) is 16.7 Å². The first-order chi connectivity index (χ1) is 13.6. The Morgan fingerprint density at radius 3 is 2.93 bits per heavy atom. The third-order valence-electron chi connectivity index (χ3n) is 6.58. The Morgan fingerprint density at radius 2 is 2.11 bits per heavy atom. The van der Waals surface area contributed by atoms with E-state index in [1.165, 1.54) is 0 Å². The summed E-state index contributed by atoms with van der Waals surface area (Å²) in [6.07, 6.45) is 6.59. The SMILES string of the molecule is N#C[C@]1(c2nnc3n2CCCCC3)Cc2cc([N+](=O)[O-])ccc2N2CCC[C@H]21. The van der Waals surface area contributed by atoms with E-state index in [0.717, 1.165) is 74.5 Å². The van der Waals surface area contributed by atoms with Gasteiger partial charge in [-0.2, -0.15) is 5.26 Å². The van der Waals surface area contributed by atoms with Crippen molar-refractivity contribution in [1.82, 2.24) is 14.8 Å². The maximum Gasteiger partial charge on any atom is 0.269 e. The summed E-state index contributed by atoms with van der Waals surface area (Å²) in [4.78, 5) is 13.2. The summed E-state index contributed by atoms with van der Waals surface area (Å²) in [7, 11) is 0. The third-order valence-corrected chi connectivity index (χ3v) is 6.58. The topological polar surface area (TPSA) is 101 Å². The third kappa shape index (κ3) is 2.35. The second-order valence-corrected chi connectivity index (χ2v) is 8.08. The molecule has 1 saturated heterocycles. The summed E-state index contributed by atoms with van der Waals surface area (Å²) in [6.45, 7) is 1.70.